The van der Waals surface area contributed by atoms with E-state index in [0.717, 1.165) is 32.0 Å². The van der Waals surface area contributed by atoms with E-state index >= 15 is 0 Å². The van der Waals surface area contributed by atoms with E-state index in [4.69, 9.17) is 4.74 Å². The minimum absolute atomic E-state index is 0.0271. The molecule has 0 aromatic rings. The Bertz CT molecular complexity index is 327. The van der Waals surface area contributed by atoms with E-state index in [1.165, 1.54) is 24.8 Å². The lowest BCUT2D eigenvalue weighted by Gasteiger charge is -2.23. The van der Waals surface area contributed by atoms with E-state index in [0.29, 0.717) is 0 Å². The van der Waals surface area contributed by atoms with Crippen molar-refractivity contribution in [2.24, 2.45) is 5.92 Å². The van der Waals surface area contributed by atoms with Crippen LogP contribution in [0.3, 0.4) is 0 Å². The second kappa shape index (κ2) is 11.9. The molecule has 0 bridgehead atoms. The number of ether oxygens (including phenoxy) is 1. The first-order chi connectivity index (χ1) is 10.3. The summed E-state index contributed by atoms with van der Waals surface area (Å²) in [4.78, 5) is 2.43. The summed E-state index contributed by atoms with van der Waals surface area (Å²) >= 11 is 0. The molecule has 0 N–H and O–H groups in total. The Hall–Kier alpha value is -0.600. The highest BCUT2D eigenvalue weighted by atomic mass is 16.5. The molecule has 130 valence electrons. The normalized spacial score (nSPS) is 15.0. The van der Waals surface area contributed by atoms with E-state index in [1.54, 1.807) is 7.11 Å². The van der Waals surface area contributed by atoms with Crippen molar-refractivity contribution in [1.29, 1.82) is 0 Å². The molecule has 0 radical (unpaired) electrons. The molecule has 0 aliphatic carbocycles. The van der Waals surface area contributed by atoms with Crippen molar-refractivity contribution in [3.63, 3.8) is 0 Å². The molecule has 0 saturated heterocycles. The molecular weight excluding hydrogens is 270 g/mol. The Balaban J connectivity index is 3.98. The minimum atomic E-state index is 0.0271. The van der Waals surface area contributed by atoms with Crippen molar-refractivity contribution in [2.75, 3.05) is 26.7 Å². The van der Waals surface area contributed by atoms with Gasteiger partial charge in [0.05, 0.1) is 5.60 Å². The molecule has 1 unspecified atom stereocenters. The largest absolute Gasteiger partial charge is 0.379 e. The summed E-state index contributed by atoms with van der Waals surface area (Å²) in [7, 11) is 1.81. The van der Waals surface area contributed by atoms with Gasteiger partial charge in [0.15, 0.2) is 0 Å². The number of hydrogen-bond acceptors (Lipinski definition) is 2. The maximum atomic E-state index is 5.47. The standard InChI is InChI=1S/C20H39NO/c1-8-21(9-2)17-15-19(4)13-10-12-18(3)14-11-16-20(5,6)22-7/h10,13,15,18H,8-9,11-12,14,16-17H2,1-7H3. The minimum Gasteiger partial charge on any atom is -0.379 e. The lowest BCUT2D eigenvalue weighted by molar-refractivity contribution is 0.0128. The van der Waals surface area contributed by atoms with Crippen molar-refractivity contribution < 1.29 is 4.74 Å². The van der Waals surface area contributed by atoms with Gasteiger partial charge in [-0.25, -0.2) is 0 Å². The Labute approximate surface area is 139 Å². The number of nitrogens with zero attached hydrogens (tertiary/aromatic N) is 1. The summed E-state index contributed by atoms with van der Waals surface area (Å²) < 4.78 is 5.47. The van der Waals surface area contributed by atoms with Gasteiger partial charge in [0.1, 0.15) is 0 Å². The maximum absolute atomic E-state index is 5.47. The van der Waals surface area contributed by atoms with E-state index < -0.39 is 0 Å². The third-order valence-electron chi connectivity index (χ3n) is 4.51. The Kier molecular flexibility index (Phi) is 11.6. The highest BCUT2D eigenvalue weighted by Gasteiger charge is 2.15. The summed E-state index contributed by atoms with van der Waals surface area (Å²) in [5.41, 5.74) is 1.40. The SMILES string of the molecule is CCN(CC)CC=C(C)C=CCC(C)CCCC(C)(C)OC. The molecule has 1 atom stereocenters. The molecule has 0 heterocycles. The average Bonchev–Trinajstić information content (AvgIpc) is 2.48. The van der Waals surface area contributed by atoms with Gasteiger partial charge >= 0.3 is 0 Å². The average molecular weight is 310 g/mol. The van der Waals surface area contributed by atoms with Crippen LogP contribution < -0.4 is 0 Å². The molecule has 22 heavy (non-hydrogen) atoms. The van der Waals surface area contributed by atoms with Crippen LogP contribution in [-0.2, 0) is 4.74 Å². The number of methoxy groups -OCH3 is 1. The summed E-state index contributed by atoms with van der Waals surface area (Å²) in [6.07, 6.45) is 11.8. The second-order valence-electron chi connectivity index (χ2n) is 7.03. The van der Waals surface area contributed by atoms with E-state index in [9.17, 15) is 0 Å². The predicted molar refractivity (Wildman–Crippen MR) is 99.4 cm³/mol. The quantitative estimate of drug-likeness (QED) is 0.444. The highest BCUT2D eigenvalue weighted by molar-refractivity contribution is 5.16. The third-order valence-corrected chi connectivity index (χ3v) is 4.51. The fourth-order valence-electron chi connectivity index (χ4n) is 2.41. The molecule has 0 saturated carbocycles. The molecule has 0 aliphatic rings. The number of rotatable bonds is 12. The van der Waals surface area contributed by atoms with Crippen LogP contribution in [0.1, 0.15) is 67.2 Å². The van der Waals surface area contributed by atoms with E-state index in [2.05, 4.69) is 64.7 Å². The van der Waals surface area contributed by atoms with Gasteiger partial charge in [-0.3, -0.25) is 0 Å². The molecule has 0 amide bonds. The molecule has 0 fully saturated rings. The van der Waals surface area contributed by atoms with Crippen LogP contribution in [-0.4, -0.2) is 37.2 Å². The summed E-state index contributed by atoms with van der Waals surface area (Å²) in [5.74, 6) is 0.750. The monoisotopic (exact) mass is 309 g/mol. The van der Waals surface area contributed by atoms with E-state index in [-0.39, 0.29) is 5.60 Å². The summed E-state index contributed by atoms with van der Waals surface area (Å²) in [5, 5.41) is 0. The first kappa shape index (κ1) is 21.4. The molecule has 0 spiro atoms. The van der Waals surface area contributed by atoms with Crippen molar-refractivity contribution in [1.82, 2.24) is 4.90 Å². The maximum Gasteiger partial charge on any atom is 0.0622 e. The van der Waals surface area contributed by atoms with E-state index in [1.807, 2.05) is 0 Å². The van der Waals surface area contributed by atoms with Gasteiger partial charge in [-0.2, -0.15) is 0 Å². The Morgan fingerprint density at radius 1 is 1.23 bits per heavy atom. The van der Waals surface area contributed by atoms with Crippen molar-refractivity contribution in [2.45, 2.75) is 72.8 Å². The number of likely N-dealkylation sites (N-methyl/N-ethyl adjacent to an activating group) is 1. The van der Waals surface area contributed by atoms with Crippen LogP contribution in [0.5, 0.6) is 0 Å². The van der Waals surface area contributed by atoms with Gasteiger partial charge in [0.2, 0.25) is 0 Å². The molecular formula is C20H39NO. The first-order valence-corrected chi connectivity index (χ1v) is 8.95. The van der Waals surface area contributed by atoms with Crippen LogP contribution in [0.15, 0.2) is 23.8 Å². The van der Waals surface area contributed by atoms with Crippen molar-refractivity contribution in [3.05, 3.63) is 23.8 Å². The van der Waals surface area contributed by atoms with Crippen LogP contribution in [0.2, 0.25) is 0 Å². The number of hydrogen-bond donors (Lipinski definition) is 0. The second-order valence-corrected chi connectivity index (χ2v) is 7.03. The van der Waals surface area contributed by atoms with Crippen LogP contribution in [0.25, 0.3) is 0 Å². The smallest absolute Gasteiger partial charge is 0.0622 e. The zero-order chi connectivity index (χ0) is 17.0. The molecule has 2 nitrogen and oxygen atoms in total. The summed E-state index contributed by atoms with van der Waals surface area (Å²) in [6, 6.07) is 0. The van der Waals surface area contributed by atoms with Gasteiger partial charge in [0.25, 0.3) is 0 Å². The van der Waals surface area contributed by atoms with Gasteiger partial charge in [-0.15, -0.1) is 0 Å². The first-order valence-electron chi connectivity index (χ1n) is 8.95. The van der Waals surface area contributed by atoms with Crippen molar-refractivity contribution >= 4 is 0 Å². The van der Waals surface area contributed by atoms with Crippen LogP contribution in [0.4, 0.5) is 0 Å². The zero-order valence-corrected chi connectivity index (χ0v) is 16.1. The third kappa shape index (κ3) is 11.0. The molecule has 0 aliphatic heterocycles. The predicted octanol–water partition coefficient (Wildman–Crippen LogP) is 5.45. The highest BCUT2D eigenvalue weighted by Crippen LogP contribution is 2.20. The van der Waals surface area contributed by atoms with Gasteiger partial charge in [-0.1, -0.05) is 57.4 Å². The van der Waals surface area contributed by atoms with Crippen molar-refractivity contribution in [3.8, 4) is 0 Å². The molecule has 0 aromatic heterocycles. The fraction of sp³-hybridized carbons (Fsp3) is 0.800. The van der Waals surface area contributed by atoms with Gasteiger partial charge < -0.3 is 9.64 Å². The fourth-order valence-corrected chi connectivity index (χ4v) is 2.41. The zero-order valence-electron chi connectivity index (χ0n) is 16.1. The Morgan fingerprint density at radius 3 is 2.41 bits per heavy atom. The lowest BCUT2D eigenvalue weighted by Crippen LogP contribution is -2.22. The Morgan fingerprint density at radius 2 is 1.86 bits per heavy atom. The molecule has 2 heteroatoms. The van der Waals surface area contributed by atoms with Crippen LogP contribution >= 0.6 is 0 Å². The summed E-state index contributed by atoms with van der Waals surface area (Å²) in [6.45, 7) is 16.6. The van der Waals surface area contributed by atoms with Gasteiger partial charge in [-0.05, 0) is 52.6 Å². The van der Waals surface area contributed by atoms with Gasteiger partial charge in [0, 0.05) is 13.7 Å². The lowest BCUT2D eigenvalue weighted by atomic mass is 9.95. The van der Waals surface area contributed by atoms with Crippen LogP contribution in [0, 0.1) is 5.92 Å². The topological polar surface area (TPSA) is 12.5 Å². The molecule has 0 aromatic carbocycles. The molecule has 0 rings (SSSR count). The number of allylic oxidation sites excluding steroid dienone is 3.